The molecule has 0 bridgehead atoms. The lowest BCUT2D eigenvalue weighted by Gasteiger charge is -2.23. The molecule has 152 valence electrons. The van der Waals surface area contributed by atoms with Crippen molar-refractivity contribution in [3.8, 4) is 5.75 Å². The molecule has 30 heavy (non-hydrogen) atoms. The van der Waals surface area contributed by atoms with Crippen LogP contribution in [-0.4, -0.2) is 26.9 Å². The van der Waals surface area contributed by atoms with Gasteiger partial charge in [0.05, 0.1) is 17.3 Å². The van der Waals surface area contributed by atoms with Gasteiger partial charge >= 0.3 is 5.91 Å². The molecule has 0 unspecified atom stereocenters. The fraction of sp³-hybridized carbons (Fsp3) is 0.136. The molecule has 1 amide bonds. The van der Waals surface area contributed by atoms with Gasteiger partial charge < -0.3 is 10.2 Å². The van der Waals surface area contributed by atoms with Crippen molar-refractivity contribution in [1.82, 2.24) is 4.98 Å². The highest BCUT2D eigenvalue weighted by atomic mass is 35.5. The molecular formula is C22H17ClN2O4S. The number of rotatable bonds is 3. The maximum atomic E-state index is 13.0. The summed E-state index contributed by atoms with van der Waals surface area (Å²) < 4.78 is 0. The van der Waals surface area contributed by atoms with Crippen molar-refractivity contribution in [2.45, 2.75) is 19.9 Å². The monoisotopic (exact) mass is 440 g/mol. The Morgan fingerprint density at radius 2 is 1.83 bits per heavy atom. The van der Waals surface area contributed by atoms with Crippen molar-refractivity contribution < 1.29 is 19.8 Å². The lowest BCUT2D eigenvalue weighted by Crippen LogP contribution is -2.29. The first kappa shape index (κ1) is 20.1. The molecule has 0 saturated carbocycles. The molecule has 1 aliphatic rings. The van der Waals surface area contributed by atoms with Crippen LogP contribution in [0.15, 0.2) is 54.1 Å². The number of aryl methyl sites for hydroxylation is 2. The molecule has 0 spiro atoms. The fourth-order valence-electron chi connectivity index (χ4n) is 3.36. The van der Waals surface area contributed by atoms with Crippen molar-refractivity contribution in [2.24, 2.45) is 0 Å². The average molecular weight is 441 g/mol. The van der Waals surface area contributed by atoms with Crippen LogP contribution in [0.3, 0.4) is 0 Å². The topological polar surface area (TPSA) is 90.7 Å². The number of phenolic OH excluding ortho intramolecular Hbond substituents is 1. The molecule has 2 aromatic carbocycles. The van der Waals surface area contributed by atoms with Crippen LogP contribution in [-0.2, 0) is 9.59 Å². The predicted molar refractivity (Wildman–Crippen MR) is 116 cm³/mol. The molecule has 2 N–H and O–H groups in total. The summed E-state index contributed by atoms with van der Waals surface area (Å²) in [4.78, 5) is 32.7. The summed E-state index contributed by atoms with van der Waals surface area (Å²) in [7, 11) is 0. The number of hydrogen-bond donors (Lipinski definition) is 2. The highest BCUT2D eigenvalue weighted by Gasteiger charge is 2.48. The second-order valence-electron chi connectivity index (χ2n) is 6.91. The van der Waals surface area contributed by atoms with Gasteiger partial charge in [0.25, 0.3) is 5.78 Å². The van der Waals surface area contributed by atoms with Crippen LogP contribution in [0.4, 0.5) is 5.13 Å². The number of anilines is 1. The number of ketones is 1. The summed E-state index contributed by atoms with van der Waals surface area (Å²) in [5.74, 6) is -1.93. The van der Waals surface area contributed by atoms with E-state index in [4.69, 9.17) is 11.6 Å². The van der Waals surface area contributed by atoms with Crippen LogP contribution in [0.5, 0.6) is 5.75 Å². The SMILES string of the molecule is Cc1nc(N2C(=O)C(=O)/C(=C(/O)c3ccc(Cl)cc3)[C@H]2c2cccc(O)c2)sc1C. The Balaban J connectivity index is 1.96. The Morgan fingerprint density at radius 3 is 2.43 bits per heavy atom. The van der Waals surface area contributed by atoms with E-state index in [1.807, 2.05) is 13.8 Å². The van der Waals surface area contributed by atoms with Crippen LogP contribution in [0.2, 0.25) is 5.02 Å². The van der Waals surface area contributed by atoms with Gasteiger partial charge in [-0.25, -0.2) is 4.98 Å². The van der Waals surface area contributed by atoms with Gasteiger partial charge in [0, 0.05) is 15.5 Å². The molecule has 3 aromatic rings. The van der Waals surface area contributed by atoms with Gasteiger partial charge in [0.1, 0.15) is 11.5 Å². The molecule has 1 fully saturated rings. The number of phenols is 1. The number of aromatic nitrogens is 1. The van der Waals surface area contributed by atoms with E-state index in [1.165, 1.54) is 28.4 Å². The van der Waals surface area contributed by atoms with Gasteiger partial charge in [-0.15, -0.1) is 11.3 Å². The van der Waals surface area contributed by atoms with Crippen LogP contribution in [0, 0.1) is 13.8 Å². The van der Waals surface area contributed by atoms with Crippen LogP contribution < -0.4 is 4.90 Å². The smallest absolute Gasteiger partial charge is 0.301 e. The van der Waals surface area contributed by atoms with E-state index in [0.717, 1.165) is 10.6 Å². The number of hydrogen-bond acceptors (Lipinski definition) is 6. The first-order valence-electron chi connectivity index (χ1n) is 9.08. The highest BCUT2D eigenvalue weighted by molar-refractivity contribution is 7.16. The van der Waals surface area contributed by atoms with Gasteiger partial charge in [0.2, 0.25) is 0 Å². The predicted octanol–water partition coefficient (Wildman–Crippen LogP) is 4.75. The van der Waals surface area contributed by atoms with E-state index in [0.29, 0.717) is 21.3 Å². The molecule has 1 atom stereocenters. The Morgan fingerprint density at radius 1 is 1.13 bits per heavy atom. The maximum absolute atomic E-state index is 13.0. The third-order valence-corrected chi connectivity index (χ3v) is 6.30. The summed E-state index contributed by atoms with van der Waals surface area (Å²) in [6, 6.07) is 11.6. The van der Waals surface area contributed by atoms with Crippen molar-refractivity contribution in [3.05, 3.63) is 80.8 Å². The third-order valence-electron chi connectivity index (χ3n) is 4.97. The Labute approximate surface area is 181 Å². The number of aliphatic hydroxyl groups is 1. The van der Waals surface area contributed by atoms with Gasteiger partial charge in [0.15, 0.2) is 5.13 Å². The number of nitrogens with zero attached hydrogens (tertiary/aromatic N) is 2. The molecule has 6 nitrogen and oxygen atoms in total. The summed E-state index contributed by atoms with van der Waals surface area (Å²) >= 11 is 7.22. The molecular weight excluding hydrogens is 424 g/mol. The maximum Gasteiger partial charge on any atom is 0.301 e. The second kappa shape index (κ2) is 7.59. The van der Waals surface area contributed by atoms with Crippen molar-refractivity contribution in [2.75, 3.05) is 4.90 Å². The number of Topliss-reactive ketones (excluding diaryl/α,β-unsaturated/α-hetero) is 1. The van der Waals surface area contributed by atoms with Crippen molar-refractivity contribution in [1.29, 1.82) is 0 Å². The van der Waals surface area contributed by atoms with Gasteiger partial charge in [-0.2, -0.15) is 0 Å². The summed E-state index contributed by atoms with van der Waals surface area (Å²) in [5, 5.41) is 21.8. The fourth-order valence-corrected chi connectivity index (χ4v) is 4.42. The van der Waals surface area contributed by atoms with Gasteiger partial charge in [-0.1, -0.05) is 23.7 Å². The molecule has 1 aliphatic heterocycles. The zero-order valence-electron chi connectivity index (χ0n) is 16.1. The standard InChI is InChI=1S/C22H17ClN2O4S/c1-11-12(2)30-22(24-11)25-18(14-4-3-5-16(26)10-14)17(20(28)21(25)29)19(27)13-6-8-15(23)9-7-13/h3-10,18,26-27H,1-2H3/b19-17+/t18-/m1/s1. The number of benzene rings is 2. The van der Waals surface area contributed by atoms with Gasteiger partial charge in [-0.3, -0.25) is 14.5 Å². The lowest BCUT2D eigenvalue weighted by molar-refractivity contribution is -0.132. The lowest BCUT2D eigenvalue weighted by atomic mass is 9.95. The third kappa shape index (κ3) is 3.36. The number of aliphatic hydroxyl groups excluding tert-OH is 1. The molecule has 8 heteroatoms. The first-order chi connectivity index (χ1) is 14.3. The summed E-state index contributed by atoms with van der Waals surface area (Å²) in [6.45, 7) is 3.70. The highest BCUT2D eigenvalue weighted by Crippen LogP contribution is 2.44. The number of thiazole rings is 1. The number of carbonyl (C=O) groups is 2. The number of aromatic hydroxyl groups is 1. The molecule has 0 aliphatic carbocycles. The van der Waals surface area contributed by atoms with Crippen molar-refractivity contribution in [3.63, 3.8) is 0 Å². The minimum atomic E-state index is -0.933. The van der Waals surface area contributed by atoms with E-state index in [2.05, 4.69) is 4.98 Å². The van der Waals surface area contributed by atoms with E-state index in [9.17, 15) is 19.8 Å². The first-order valence-corrected chi connectivity index (χ1v) is 10.3. The number of amides is 1. The summed E-state index contributed by atoms with van der Waals surface area (Å²) in [6.07, 6.45) is 0. The van der Waals surface area contributed by atoms with Crippen LogP contribution >= 0.6 is 22.9 Å². The molecule has 2 heterocycles. The number of carbonyl (C=O) groups excluding carboxylic acids is 2. The number of halogens is 1. The molecule has 1 saturated heterocycles. The van der Waals surface area contributed by atoms with E-state index in [-0.39, 0.29) is 17.1 Å². The minimum Gasteiger partial charge on any atom is -0.508 e. The van der Waals surface area contributed by atoms with Crippen LogP contribution in [0.1, 0.15) is 27.7 Å². The van der Waals surface area contributed by atoms with Crippen LogP contribution in [0.25, 0.3) is 5.76 Å². The Kier molecular flexibility index (Phi) is 5.09. The zero-order chi connectivity index (χ0) is 21.6. The molecule has 0 radical (unpaired) electrons. The van der Waals surface area contributed by atoms with Crippen molar-refractivity contribution >= 4 is 45.5 Å². The quantitative estimate of drug-likeness (QED) is 0.348. The second-order valence-corrected chi connectivity index (χ2v) is 8.53. The Bertz CT molecular complexity index is 1180. The van der Waals surface area contributed by atoms with Gasteiger partial charge in [-0.05, 0) is 55.8 Å². The van der Waals surface area contributed by atoms with E-state index in [1.54, 1.807) is 36.4 Å². The normalized spacial score (nSPS) is 18.2. The zero-order valence-corrected chi connectivity index (χ0v) is 17.7. The Hall–Kier alpha value is -3.16. The summed E-state index contributed by atoms with van der Waals surface area (Å²) in [5.41, 5.74) is 1.52. The largest absolute Gasteiger partial charge is 0.508 e. The molecule has 4 rings (SSSR count). The van der Waals surface area contributed by atoms with E-state index < -0.39 is 17.7 Å². The van der Waals surface area contributed by atoms with E-state index >= 15 is 0 Å². The average Bonchev–Trinajstić information content (AvgIpc) is 3.18. The molecule has 1 aromatic heterocycles. The minimum absolute atomic E-state index is 0.0175.